The number of aliphatic hydroxyl groups is 1. The van der Waals surface area contributed by atoms with Gasteiger partial charge in [-0.3, -0.25) is 0 Å². The molecule has 2 rings (SSSR count). The fraction of sp³-hybridized carbons (Fsp3) is 0.909. The predicted molar refractivity (Wildman–Crippen MR) is 74.2 cm³/mol. The van der Waals surface area contributed by atoms with Crippen LogP contribution in [-0.2, 0) is 23.8 Å². The molecule has 0 aromatic carbocycles. The zero-order valence-electron chi connectivity index (χ0n) is 10.8. The molecule has 0 aliphatic carbocycles. The molecule has 2 heterocycles. The minimum Gasteiger partial charge on any atom is -0.399 e. The third-order valence-corrected chi connectivity index (χ3v) is 3.62. The summed E-state index contributed by atoms with van der Waals surface area (Å²) in [7, 11) is 1.42. The van der Waals surface area contributed by atoms with Crippen LogP contribution in [0.4, 0.5) is 0 Å². The lowest BCUT2D eigenvalue weighted by molar-refractivity contribution is -0.210. The molecule has 2 aliphatic rings. The number of aliphatic hydroxyl groups excluding tert-OH is 1. The summed E-state index contributed by atoms with van der Waals surface area (Å²) >= 11 is 2.17. The van der Waals surface area contributed by atoms with Gasteiger partial charge >= 0.3 is 0 Å². The minimum atomic E-state index is -0.889. The van der Waals surface area contributed by atoms with Crippen LogP contribution >= 0.6 is 22.6 Å². The Bertz CT molecular complexity index is 328. The molecular formula is C11H18INO6. The highest BCUT2D eigenvalue weighted by Crippen LogP contribution is 2.29. The molecule has 2 saturated heterocycles. The summed E-state index contributed by atoms with van der Waals surface area (Å²) in [5.41, 5.74) is 0.385. The first-order valence-electron chi connectivity index (χ1n) is 6.10. The maximum atomic E-state index is 10.1. The molecule has 0 radical (unpaired) electrons. The summed E-state index contributed by atoms with van der Waals surface area (Å²) in [5.74, 6) is 0. The van der Waals surface area contributed by atoms with Crippen molar-refractivity contribution < 1.29 is 28.9 Å². The van der Waals surface area contributed by atoms with Gasteiger partial charge in [-0.05, 0) is 6.92 Å². The van der Waals surface area contributed by atoms with Crippen molar-refractivity contribution in [1.29, 1.82) is 0 Å². The lowest BCUT2D eigenvalue weighted by Gasteiger charge is -2.33. The van der Waals surface area contributed by atoms with E-state index in [0.717, 1.165) is 0 Å². The Morgan fingerprint density at radius 2 is 2.37 bits per heavy atom. The molecule has 1 unspecified atom stereocenters. The topological polar surface area (TPSA) is 78.7 Å². The van der Waals surface area contributed by atoms with E-state index in [1.54, 1.807) is 0 Å². The number of halogens is 1. The average Bonchev–Trinajstić information content (AvgIpc) is 2.85. The van der Waals surface area contributed by atoms with Crippen LogP contribution < -0.4 is 0 Å². The zero-order chi connectivity index (χ0) is 13.8. The van der Waals surface area contributed by atoms with E-state index in [2.05, 4.69) is 27.7 Å². The van der Waals surface area contributed by atoms with Crippen LogP contribution in [0.2, 0.25) is 0 Å². The maximum Gasteiger partial charge on any atom is 0.190 e. The summed E-state index contributed by atoms with van der Waals surface area (Å²) < 4.78 is 22.9. The predicted octanol–water partition coefficient (Wildman–Crippen LogP) is 0.288. The molecule has 5 atom stereocenters. The molecule has 7 nitrogen and oxygen atoms in total. The highest BCUT2D eigenvalue weighted by atomic mass is 127. The van der Waals surface area contributed by atoms with Gasteiger partial charge in [0, 0.05) is 6.61 Å². The first-order chi connectivity index (χ1) is 9.21. The second-order valence-electron chi connectivity index (χ2n) is 4.12. The van der Waals surface area contributed by atoms with Crippen LogP contribution in [0.1, 0.15) is 6.92 Å². The van der Waals surface area contributed by atoms with E-state index in [-0.39, 0.29) is 0 Å². The second kappa shape index (κ2) is 7.14. The maximum absolute atomic E-state index is 10.1. The van der Waals surface area contributed by atoms with Gasteiger partial charge in [-0.2, -0.15) is 0 Å². The first kappa shape index (κ1) is 15.4. The molecule has 1 N–H and O–H groups in total. The second-order valence-corrected chi connectivity index (χ2v) is 5.00. The number of alkyl halides is 1. The fourth-order valence-electron chi connectivity index (χ4n) is 2.08. The van der Waals surface area contributed by atoms with Gasteiger partial charge in [-0.1, -0.05) is 27.7 Å². The molecule has 0 amide bonds. The molecule has 19 heavy (non-hydrogen) atoms. The first-order valence-corrected chi connectivity index (χ1v) is 7.62. The van der Waals surface area contributed by atoms with Gasteiger partial charge < -0.3 is 28.9 Å². The van der Waals surface area contributed by atoms with E-state index in [0.29, 0.717) is 23.4 Å². The van der Waals surface area contributed by atoms with Gasteiger partial charge in [0.2, 0.25) is 0 Å². The van der Waals surface area contributed by atoms with Crippen molar-refractivity contribution in [2.24, 2.45) is 5.16 Å². The van der Waals surface area contributed by atoms with Crippen molar-refractivity contribution in [3.63, 3.8) is 0 Å². The third-order valence-electron chi connectivity index (χ3n) is 2.90. The van der Waals surface area contributed by atoms with Crippen molar-refractivity contribution in [2.45, 2.75) is 37.8 Å². The van der Waals surface area contributed by atoms with Crippen LogP contribution in [0.15, 0.2) is 5.16 Å². The molecule has 0 spiro atoms. The summed E-state index contributed by atoms with van der Waals surface area (Å²) in [4.78, 5) is 4.78. The smallest absolute Gasteiger partial charge is 0.190 e. The molecule has 2 bridgehead atoms. The number of hydrogen-bond acceptors (Lipinski definition) is 7. The summed E-state index contributed by atoms with van der Waals surface area (Å²) in [6.45, 7) is 2.74. The fourth-order valence-corrected chi connectivity index (χ4v) is 2.54. The standard InChI is InChI=1S/C11H18INO6/c1-3-16-7(4-12)19-10-8(13-15-2)9(14)6-5-17-11(10)18-6/h6-7,9-11,14H,3-5H2,1-2H3/b13-8+/t6-,7?,9-,10+,11-/m1/s1. The van der Waals surface area contributed by atoms with E-state index < -0.39 is 30.9 Å². The number of rotatable bonds is 6. The molecule has 2 fully saturated rings. The molecule has 8 heteroatoms. The van der Waals surface area contributed by atoms with E-state index in [1.165, 1.54) is 7.11 Å². The number of hydrogen-bond donors (Lipinski definition) is 1. The normalized spacial score (nSPS) is 37.6. The molecule has 0 aromatic heterocycles. The van der Waals surface area contributed by atoms with Crippen molar-refractivity contribution >= 4 is 28.3 Å². The summed E-state index contributed by atoms with van der Waals surface area (Å²) in [6.07, 6.45) is -2.91. The van der Waals surface area contributed by atoms with Crippen molar-refractivity contribution in [3.8, 4) is 0 Å². The van der Waals surface area contributed by atoms with E-state index in [1.807, 2.05) is 6.92 Å². The van der Waals surface area contributed by atoms with Crippen LogP contribution in [0.3, 0.4) is 0 Å². The van der Waals surface area contributed by atoms with Gasteiger partial charge in [0.25, 0.3) is 0 Å². The number of nitrogens with zero attached hydrogens (tertiary/aromatic N) is 1. The highest BCUT2D eigenvalue weighted by Gasteiger charge is 2.50. The number of fused-ring (bicyclic) bond motifs is 2. The third kappa shape index (κ3) is 3.37. The molecule has 2 aliphatic heterocycles. The molecular weight excluding hydrogens is 369 g/mol. The number of ether oxygens (including phenoxy) is 4. The van der Waals surface area contributed by atoms with E-state index in [9.17, 15) is 5.11 Å². The zero-order valence-corrected chi connectivity index (χ0v) is 13.0. The number of oxime groups is 1. The summed E-state index contributed by atoms with van der Waals surface area (Å²) in [5, 5.41) is 14.0. The largest absolute Gasteiger partial charge is 0.399 e. The van der Waals surface area contributed by atoms with Gasteiger partial charge in [0.1, 0.15) is 25.0 Å². The van der Waals surface area contributed by atoms with E-state index >= 15 is 0 Å². The Morgan fingerprint density at radius 3 is 3.00 bits per heavy atom. The van der Waals surface area contributed by atoms with Gasteiger partial charge in [-0.15, -0.1) is 0 Å². The van der Waals surface area contributed by atoms with Crippen LogP contribution in [-0.4, -0.2) is 66.5 Å². The van der Waals surface area contributed by atoms with Gasteiger partial charge in [-0.25, -0.2) is 0 Å². The Kier molecular flexibility index (Phi) is 5.78. The van der Waals surface area contributed by atoms with Crippen molar-refractivity contribution in [3.05, 3.63) is 0 Å². The van der Waals surface area contributed by atoms with Gasteiger partial charge in [0.15, 0.2) is 18.7 Å². The monoisotopic (exact) mass is 387 g/mol. The Labute approximate surface area is 125 Å². The Morgan fingerprint density at radius 1 is 1.58 bits per heavy atom. The summed E-state index contributed by atoms with van der Waals surface area (Å²) in [6, 6.07) is 0. The molecule has 0 saturated carbocycles. The minimum absolute atomic E-state index is 0.317. The van der Waals surface area contributed by atoms with Crippen molar-refractivity contribution in [2.75, 3.05) is 24.8 Å². The SMILES string of the molecule is CCOC(CI)O[C@H]1/C(=N/OC)[C@H](O)[C@H]2CO[C@@H]1O2. The van der Waals surface area contributed by atoms with Crippen LogP contribution in [0.25, 0.3) is 0 Å². The van der Waals surface area contributed by atoms with Gasteiger partial charge in [0.05, 0.1) is 11.0 Å². The van der Waals surface area contributed by atoms with E-state index in [4.69, 9.17) is 23.8 Å². The quantitative estimate of drug-likeness (QED) is 0.306. The van der Waals surface area contributed by atoms with Crippen LogP contribution in [0.5, 0.6) is 0 Å². The Balaban J connectivity index is 2.12. The van der Waals surface area contributed by atoms with Crippen molar-refractivity contribution in [1.82, 2.24) is 0 Å². The highest BCUT2D eigenvalue weighted by molar-refractivity contribution is 14.1. The lowest BCUT2D eigenvalue weighted by Crippen LogP contribution is -2.53. The lowest BCUT2D eigenvalue weighted by atomic mass is 10.0. The van der Waals surface area contributed by atoms with Crippen LogP contribution in [0, 0.1) is 0 Å². The molecule has 0 aromatic rings. The Hall–Kier alpha value is -0.000000000000000125. The average molecular weight is 387 g/mol. The molecule has 110 valence electrons.